The van der Waals surface area contributed by atoms with Crippen LogP contribution in [-0.4, -0.2) is 99.4 Å². The van der Waals surface area contributed by atoms with Gasteiger partial charge in [-0.1, -0.05) is 48.5 Å². The summed E-state index contributed by atoms with van der Waals surface area (Å²) in [6.07, 6.45) is 0. The number of aromatic nitrogens is 8. The van der Waals surface area contributed by atoms with E-state index in [4.69, 9.17) is 35.3 Å². The van der Waals surface area contributed by atoms with Crippen molar-refractivity contribution in [3.05, 3.63) is 120 Å². The number of aliphatic hydroxyl groups excluding tert-OH is 3. The number of rotatable bonds is 11. The van der Waals surface area contributed by atoms with Crippen molar-refractivity contribution >= 4 is 44.1 Å². The number of hydrogen-bond donors (Lipinski definition) is 7. The fraction of sp³-hybridized carbons (Fsp3) is 0.243. The van der Waals surface area contributed by atoms with Gasteiger partial charge in [0.1, 0.15) is 23.3 Å². The number of para-hydroxylation sites is 8. The third-order valence-electron chi connectivity index (χ3n) is 7.98. The van der Waals surface area contributed by atoms with Crippen molar-refractivity contribution in [3.63, 3.8) is 0 Å². The molecule has 16 heteroatoms. The van der Waals surface area contributed by atoms with Gasteiger partial charge in [-0.05, 0) is 48.5 Å². The maximum atomic E-state index is 7.00. The van der Waals surface area contributed by atoms with Crippen LogP contribution in [0.15, 0.2) is 97.1 Å². The van der Waals surface area contributed by atoms with E-state index in [1.54, 1.807) is 0 Å². The van der Waals surface area contributed by atoms with Crippen LogP contribution in [0.25, 0.3) is 44.1 Å². The van der Waals surface area contributed by atoms with Crippen LogP contribution in [0.4, 0.5) is 0 Å². The van der Waals surface area contributed by atoms with Gasteiger partial charge in [-0.25, -0.2) is 19.9 Å². The summed E-state index contributed by atoms with van der Waals surface area (Å²) in [7, 11) is 3.00. The summed E-state index contributed by atoms with van der Waals surface area (Å²) in [5.41, 5.74) is 8.07. The number of imidazole rings is 4. The molecule has 0 amide bonds. The third-order valence-corrected chi connectivity index (χ3v) is 7.98. The van der Waals surface area contributed by atoms with Crippen LogP contribution in [0.5, 0.6) is 0 Å². The summed E-state index contributed by atoms with van der Waals surface area (Å²) in [4.78, 5) is 38.3. The van der Waals surface area contributed by atoms with Gasteiger partial charge in [-0.3, -0.25) is 9.80 Å². The minimum atomic E-state index is 0. The van der Waals surface area contributed by atoms with E-state index in [-0.39, 0.29) is 41.3 Å². The Labute approximate surface area is 330 Å². The second kappa shape index (κ2) is 22.6. The Morgan fingerprint density at radius 2 is 0.604 bits per heavy atom. The average molecular weight is 806 g/mol. The van der Waals surface area contributed by atoms with Gasteiger partial charge in [0.2, 0.25) is 0 Å². The number of aliphatic hydroxyl groups is 3. The number of nitrogens with zero attached hydrogens (tertiary/aromatic N) is 6. The molecule has 284 valence electrons. The molecule has 0 spiro atoms. The van der Waals surface area contributed by atoms with Crippen molar-refractivity contribution in [2.45, 2.75) is 26.2 Å². The van der Waals surface area contributed by atoms with Gasteiger partial charge < -0.3 is 60.1 Å². The van der Waals surface area contributed by atoms with Crippen molar-refractivity contribution < 1.29 is 56.6 Å². The molecule has 4 aromatic heterocycles. The summed E-state index contributed by atoms with van der Waals surface area (Å²) >= 11 is 0. The van der Waals surface area contributed by atoms with Crippen molar-refractivity contribution in [3.8, 4) is 0 Å². The zero-order valence-corrected chi connectivity index (χ0v) is 32.1. The Kier molecular flexibility index (Phi) is 19.1. The number of halogens is 2. The molecular weight excluding hydrogens is 762 g/mol. The maximum Gasteiger partial charge on any atom is 2.00 e. The van der Waals surface area contributed by atoms with Crippen LogP contribution < -0.4 is 24.8 Å². The molecule has 0 atom stereocenters. The van der Waals surface area contributed by atoms with Crippen molar-refractivity contribution in [1.82, 2.24) is 49.7 Å². The maximum absolute atomic E-state index is 7.00. The number of fused-ring (bicyclic) bond motifs is 4. The number of benzene rings is 4. The van der Waals surface area contributed by atoms with Crippen molar-refractivity contribution in [1.29, 1.82) is 0 Å². The standard InChI is InChI=1S/C34H32N10.3CH4O.2ClH.Ni/c1-2-10-24-23(9-1)35-31(36-24)19-43(20-32-37-25-11-3-4-12-26(25)38-32)17-18-44(21-33-39-27-13-5-6-14-28(27)40-33)22-34-41-29-15-7-8-16-30(29)42-34;3*1-2;;;/h1-16H,17-22H2,(H,35,36)(H,37,38)(H,39,40)(H,41,42);3*2H,1H3;2*1H;/q;;;;;;+2/p-2. The van der Waals surface area contributed by atoms with Crippen LogP contribution in [0.3, 0.4) is 0 Å². The topological polar surface area (TPSA) is 182 Å². The number of H-pyrrole nitrogens is 4. The second-order valence-corrected chi connectivity index (χ2v) is 11.2. The van der Waals surface area contributed by atoms with Gasteiger partial charge in [-0.15, -0.1) is 0 Å². The molecule has 0 radical (unpaired) electrons. The van der Waals surface area contributed by atoms with E-state index in [0.717, 1.165) is 102 Å². The molecule has 0 aliphatic carbocycles. The van der Waals surface area contributed by atoms with Gasteiger partial charge in [0.15, 0.2) is 0 Å². The van der Waals surface area contributed by atoms with Gasteiger partial charge in [-0.2, -0.15) is 0 Å². The Bertz CT molecular complexity index is 1780. The minimum Gasteiger partial charge on any atom is -1.00 e. The van der Waals surface area contributed by atoms with E-state index in [0.29, 0.717) is 26.2 Å². The molecular formula is C37H44Cl2N10NiO3. The molecule has 0 aliphatic rings. The minimum absolute atomic E-state index is 0. The predicted octanol–water partition coefficient (Wildman–Crippen LogP) is -1.27. The Morgan fingerprint density at radius 3 is 0.811 bits per heavy atom. The quantitative estimate of drug-likeness (QED) is 0.0785. The molecule has 8 aromatic rings. The fourth-order valence-electron chi connectivity index (χ4n) is 5.88. The van der Waals surface area contributed by atoms with E-state index in [1.807, 2.05) is 72.8 Å². The normalized spacial score (nSPS) is 10.4. The molecule has 0 bridgehead atoms. The first kappa shape index (κ1) is 44.8. The van der Waals surface area contributed by atoms with E-state index in [9.17, 15) is 0 Å². The van der Waals surface area contributed by atoms with Crippen LogP contribution in [0.2, 0.25) is 0 Å². The molecule has 0 unspecified atom stereocenters. The van der Waals surface area contributed by atoms with Gasteiger partial charge >= 0.3 is 16.5 Å². The average Bonchev–Trinajstić information content (AvgIpc) is 3.96. The number of aromatic amines is 4. The largest absolute Gasteiger partial charge is 2.00 e. The molecule has 0 saturated carbocycles. The molecule has 0 aliphatic heterocycles. The van der Waals surface area contributed by atoms with Crippen LogP contribution in [-0.2, 0) is 42.7 Å². The molecule has 53 heavy (non-hydrogen) atoms. The van der Waals surface area contributed by atoms with Crippen LogP contribution >= 0.6 is 0 Å². The Morgan fingerprint density at radius 1 is 0.396 bits per heavy atom. The summed E-state index contributed by atoms with van der Waals surface area (Å²) in [6, 6.07) is 32.7. The van der Waals surface area contributed by atoms with E-state index < -0.39 is 0 Å². The summed E-state index contributed by atoms with van der Waals surface area (Å²) in [5, 5.41) is 21.0. The predicted molar refractivity (Wildman–Crippen MR) is 197 cm³/mol. The van der Waals surface area contributed by atoms with Gasteiger partial charge in [0.05, 0.1) is 70.3 Å². The zero-order valence-electron chi connectivity index (χ0n) is 29.6. The number of hydrogen-bond acceptors (Lipinski definition) is 9. The first-order valence-corrected chi connectivity index (χ1v) is 16.3. The Balaban J connectivity index is 0.00000103. The summed E-state index contributed by atoms with van der Waals surface area (Å²) in [6.45, 7) is 4.22. The first-order valence-electron chi connectivity index (χ1n) is 16.3. The summed E-state index contributed by atoms with van der Waals surface area (Å²) < 4.78 is 0. The molecule has 13 nitrogen and oxygen atoms in total. The van der Waals surface area contributed by atoms with Crippen LogP contribution in [0.1, 0.15) is 23.3 Å². The van der Waals surface area contributed by atoms with E-state index in [1.165, 1.54) is 0 Å². The SMILES string of the molecule is CO.CO.CO.[Cl-].[Cl-].[Ni+2].c1ccc2[nH]c(CN(CCN(Cc3nc4ccccc4[nH]3)Cc3nc4ccccc4[nH]3)Cc3nc4ccccc4[nH]3)nc2c1. The van der Waals surface area contributed by atoms with Gasteiger partial charge in [0.25, 0.3) is 0 Å². The van der Waals surface area contributed by atoms with E-state index >= 15 is 0 Å². The molecule has 0 saturated heterocycles. The molecule has 0 fully saturated rings. The zero-order chi connectivity index (χ0) is 35.3. The van der Waals surface area contributed by atoms with E-state index in [2.05, 4.69) is 54.0 Å². The monoisotopic (exact) mass is 804 g/mol. The van der Waals surface area contributed by atoms with Crippen molar-refractivity contribution in [2.24, 2.45) is 0 Å². The molecule has 8 rings (SSSR count). The molecule has 4 heterocycles. The van der Waals surface area contributed by atoms with Gasteiger partial charge in [0, 0.05) is 34.4 Å². The number of nitrogens with one attached hydrogen (secondary N) is 4. The van der Waals surface area contributed by atoms with Crippen LogP contribution in [0, 0.1) is 0 Å². The van der Waals surface area contributed by atoms with Crippen molar-refractivity contribution in [2.75, 3.05) is 34.4 Å². The molecule has 7 N–H and O–H groups in total. The third kappa shape index (κ3) is 11.6. The smallest absolute Gasteiger partial charge is 1.00 e. The summed E-state index contributed by atoms with van der Waals surface area (Å²) in [5.74, 6) is 3.73. The fourth-order valence-corrected chi connectivity index (χ4v) is 5.88. The Hall–Kier alpha value is -4.37. The second-order valence-electron chi connectivity index (χ2n) is 11.2. The molecule has 4 aromatic carbocycles. The first-order chi connectivity index (χ1) is 24.7.